The SMILES string of the molecule is CCC(C)(C)OBc1ccc(C2(c3ccc(C)cc3)CCCCC2)cc1. The lowest BCUT2D eigenvalue weighted by Gasteiger charge is -2.39. The zero-order valence-electron chi connectivity index (χ0n) is 17.0. The minimum absolute atomic E-state index is 0.0504. The summed E-state index contributed by atoms with van der Waals surface area (Å²) < 4.78 is 6.07. The van der Waals surface area contributed by atoms with Gasteiger partial charge in [0.2, 0.25) is 0 Å². The Hall–Kier alpha value is -1.54. The van der Waals surface area contributed by atoms with E-state index < -0.39 is 0 Å². The minimum atomic E-state index is -0.0504. The van der Waals surface area contributed by atoms with Gasteiger partial charge in [-0.25, -0.2) is 0 Å². The molecular weight excluding hydrogens is 315 g/mol. The molecule has 1 aliphatic rings. The fraction of sp³-hybridized carbons (Fsp3) is 0.500. The van der Waals surface area contributed by atoms with Crippen molar-refractivity contribution in [3.05, 3.63) is 65.2 Å². The van der Waals surface area contributed by atoms with Gasteiger partial charge in [-0.05, 0) is 51.2 Å². The predicted octanol–water partition coefficient (Wildman–Crippen LogP) is 5.43. The van der Waals surface area contributed by atoms with Crippen molar-refractivity contribution in [1.29, 1.82) is 0 Å². The van der Waals surface area contributed by atoms with Crippen LogP contribution in [0.5, 0.6) is 0 Å². The summed E-state index contributed by atoms with van der Waals surface area (Å²) in [5.74, 6) is 0. The van der Waals surface area contributed by atoms with Gasteiger partial charge >= 0.3 is 7.48 Å². The molecule has 0 spiro atoms. The first-order valence-electron chi connectivity index (χ1n) is 10.3. The summed E-state index contributed by atoms with van der Waals surface area (Å²) in [6.07, 6.45) is 7.56. The lowest BCUT2D eigenvalue weighted by atomic mass is 9.65. The Balaban J connectivity index is 1.84. The molecule has 2 aromatic carbocycles. The Kier molecular flexibility index (Phi) is 5.92. The second-order valence-electron chi connectivity index (χ2n) is 8.61. The zero-order valence-corrected chi connectivity index (χ0v) is 17.0. The van der Waals surface area contributed by atoms with Gasteiger partial charge in [0.1, 0.15) is 0 Å². The van der Waals surface area contributed by atoms with E-state index in [0.717, 1.165) is 6.42 Å². The topological polar surface area (TPSA) is 9.23 Å². The number of aryl methyl sites for hydroxylation is 1. The largest absolute Gasteiger partial charge is 0.430 e. The quantitative estimate of drug-likeness (QED) is 0.633. The summed E-state index contributed by atoms with van der Waals surface area (Å²) in [4.78, 5) is 0. The molecular formula is C24H33BO. The van der Waals surface area contributed by atoms with Crippen molar-refractivity contribution >= 4 is 12.9 Å². The van der Waals surface area contributed by atoms with Gasteiger partial charge in [-0.2, -0.15) is 0 Å². The molecule has 1 fully saturated rings. The molecule has 0 aliphatic heterocycles. The Bertz CT molecular complexity index is 694. The fourth-order valence-electron chi connectivity index (χ4n) is 4.07. The Labute approximate surface area is 160 Å². The van der Waals surface area contributed by atoms with Gasteiger partial charge in [-0.3, -0.25) is 0 Å². The molecule has 1 nitrogen and oxygen atoms in total. The first kappa shape index (κ1) is 19.2. The molecule has 26 heavy (non-hydrogen) atoms. The van der Waals surface area contributed by atoms with Crippen LogP contribution in [0, 0.1) is 6.92 Å². The van der Waals surface area contributed by atoms with Crippen molar-refractivity contribution in [1.82, 2.24) is 0 Å². The monoisotopic (exact) mass is 348 g/mol. The van der Waals surface area contributed by atoms with E-state index in [9.17, 15) is 0 Å². The number of benzene rings is 2. The molecule has 0 bridgehead atoms. The lowest BCUT2D eigenvalue weighted by Crippen LogP contribution is -2.32. The van der Waals surface area contributed by atoms with Gasteiger partial charge < -0.3 is 4.65 Å². The van der Waals surface area contributed by atoms with Crippen LogP contribution in [0.4, 0.5) is 0 Å². The average molecular weight is 348 g/mol. The van der Waals surface area contributed by atoms with Crippen LogP contribution in [0.1, 0.15) is 76.0 Å². The van der Waals surface area contributed by atoms with Crippen molar-refractivity contribution in [2.24, 2.45) is 0 Å². The van der Waals surface area contributed by atoms with E-state index >= 15 is 0 Å². The molecule has 0 atom stereocenters. The van der Waals surface area contributed by atoms with Crippen LogP contribution in [0.15, 0.2) is 48.5 Å². The van der Waals surface area contributed by atoms with Crippen molar-refractivity contribution in [3.63, 3.8) is 0 Å². The maximum atomic E-state index is 6.07. The van der Waals surface area contributed by atoms with Gasteiger partial charge in [0, 0.05) is 11.0 Å². The molecule has 0 N–H and O–H groups in total. The Morgan fingerprint density at radius 3 is 1.96 bits per heavy atom. The van der Waals surface area contributed by atoms with E-state index in [4.69, 9.17) is 4.65 Å². The van der Waals surface area contributed by atoms with E-state index in [1.165, 1.54) is 54.3 Å². The van der Waals surface area contributed by atoms with Gasteiger partial charge in [0.15, 0.2) is 0 Å². The van der Waals surface area contributed by atoms with E-state index in [1.54, 1.807) is 0 Å². The van der Waals surface area contributed by atoms with Crippen molar-refractivity contribution in [2.45, 2.75) is 77.2 Å². The lowest BCUT2D eigenvalue weighted by molar-refractivity contribution is 0.114. The molecule has 0 saturated heterocycles. The third-order valence-corrected chi connectivity index (χ3v) is 6.30. The van der Waals surface area contributed by atoms with Crippen molar-refractivity contribution < 1.29 is 4.65 Å². The highest BCUT2D eigenvalue weighted by molar-refractivity contribution is 6.47. The van der Waals surface area contributed by atoms with Crippen molar-refractivity contribution in [2.75, 3.05) is 0 Å². The average Bonchev–Trinajstić information content (AvgIpc) is 2.68. The highest BCUT2D eigenvalue weighted by Crippen LogP contribution is 2.44. The molecule has 0 aromatic heterocycles. The summed E-state index contributed by atoms with van der Waals surface area (Å²) in [5.41, 5.74) is 5.70. The summed E-state index contributed by atoms with van der Waals surface area (Å²) in [7, 11) is 0.693. The standard InChI is InChI=1S/C24H33BO/c1-5-23(3,4)26-25-22-15-13-21(14-16-22)24(17-7-6-8-18-24)20-11-9-19(2)10-12-20/h9-16,25H,5-8,17-18H2,1-4H3. The molecule has 1 aliphatic carbocycles. The maximum absolute atomic E-state index is 6.07. The third-order valence-electron chi connectivity index (χ3n) is 6.30. The molecule has 0 amide bonds. The fourth-order valence-corrected chi connectivity index (χ4v) is 4.07. The highest BCUT2D eigenvalue weighted by Gasteiger charge is 2.35. The summed E-state index contributed by atoms with van der Waals surface area (Å²) in [6, 6.07) is 18.5. The van der Waals surface area contributed by atoms with E-state index in [-0.39, 0.29) is 11.0 Å². The molecule has 3 rings (SSSR count). The number of hydrogen-bond donors (Lipinski definition) is 0. The Morgan fingerprint density at radius 2 is 1.42 bits per heavy atom. The molecule has 2 heteroatoms. The highest BCUT2D eigenvalue weighted by atomic mass is 16.5. The molecule has 0 unspecified atom stereocenters. The maximum Gasteiger partial charge on any atom is 0.309 e. The van der Waals surface area contributed by atoms with Gasteiger partial charge in [0.25, 0.3) is 0 Å². The predicted molar refractivity (Wildman–Crippen MR) is 114 cm³/mol. The van der Waals surface area contributed by atoms with Crippen molar-refractivity contribution in [3.8, 4) is 0 Å². The summed E-state index contributed by atoms with van der Waals surface area (Å²) in [5, 5.41) is 0. The number of rotatable bonds is 6. The van der Waals surface area contributed by atoms with Crippen LogP contribution < -0.4 is 5.46 Å². The van der Waals surface area contributed by atoms with Crippen LogP contribution in [0.2, 0.25) is 0 Å². The molecule has 138 valence electrons. The van der Waals surface area contributed by atoms with Gasteiger partial charge in [-0.15, -0.1) is 0 Å². The normalized spacial score (nSPS) is 17.1. The second-order valence-corrected chi connectivity index (χ2v) is 8.61. The second kappa shape index (κ2) is 8.00. The van der Waals surface area contributed by atoms with Gasteiger partial charge in [-0.1, -0.05) is 85.7 Å². The van der Waals surface area contributed by atoms with Crippen LogP contribution in [-0.2, 0) is 10.1 Å². The first-order valence-corrected chi connectivity index (χ1v) is 10.3. The van der Waals surface area contributed by atoms with Gasteiger partial charge in [0.05, 0.1) is 0 Å². The van der Waals surface area contributed by atoms with Crippen LogP contribution in [0.25, 0.3) is 0 Å². The number of hydrogen-bond acceptors (Lipinski definition) is 1. The molecule has 1 saturated carbocycles. The van der Waals surface area contributed by atoms with E-state index in [2.05, 4.69) is 76.2 Å². The molecule has 2 aromatic rings. The molecule has 0 heterocycles. The minimum Gasteiger partial charge on any atom is -0.430 e. The summed E-state index contributed by atoms with van der Waals surface area (Å²) in [6.45, 7) is 8.67. The van der Waals surface area contributed by atoms with E-state index in [0.29, 0.717) is 7.48 Å². The molecule has 0 radical (unpaired) electrons. The zero-order chi connectivity index (χ0) is 18.6. The van der Waals surface area contributed by atoms with Crippen LogP contribution in [-0.4, -0.2) is 13.1 Å². The smallest absolute Gasteiger partial charge is 0.309 e. The van der Waals surface area contributed by atoms with Crippen LogP contribution in [0.3, 0.4) is 0 Å². The third kappa shape index (κ3) is 4.23. The first-order chi connectivity index (χ1) is 12.5. The van der Waals surface area contributed by atoms with Crippen LogP contribution >= 0.6 is 0 Å². The van der Waals surface area contributed by atoms with E-state index in [1.807, 2.05) is 0 Å². The Morgan fingerprint density at radius 1 is 0.885 bits per heavy atom. The summed E-state index contributed by atoms with van der Waals surface area (Å²) >= 11 is 0.